The number of rotatable bonds is 5. The molecule has 0 aromatic carbocycles. The molecule has 3 heterocycles. The number of H-pyrrole nitrogens is 1. The molecule has 20 heavy (non-hydrogen) atoms. The van der Waals surface area contributed by atoms with E-state index in [1.807, 2.05) is 16.3 Å². The highest BCUT2D eigenvalue weighted by molar-refractivity contribution is 7.71. The Morgan fingerprint density at radius 2 is 2.25 bits per heavy atom. The van der Waals surface area contributed by atoms with E-state index in [1.165, 1.54) is 6.39 Å². The lowest BCUT2D eigenvalue weighted by atomic mass is 10.2. The van der Waals surface area contributed by atoms with Crippen LogP contribution in [0.2, 0.25) is 0 Å². The van der Waals surface area contributed by atoms with E-state index in [1.54, 1.807) is 0 Å². The Morgan fingerprint density at radius 1 is 1.40 bits per heavy atom. The summed E-state index contributed by atoms with van der Waals surface area (Å²) in [5, 5.41) is 8.37. The molecule has 7 nitrogen and oxygen atoms in total. The molecule has 3 aromatic heterocycles. The molecule has 3 rings (SSSR count). The van der Waals surface area contributed by atoms with Crippen molar-refractivity contribution in [2.45, 2.75) is 32.7 Å². The summed E-state index contributed by atoms with van der Waals surface area (Å²) >= 11 is 5.41. The van der Waals surface area contributed by atoms with Crippen molar-refractivity contribution in [3.05, 3.63) is 22.7 Å². The number of aromatic amines is 1. The fourth-order valence-corrected chi connectivity index (χ4v) is 2.69. The molecule has 0 fully saturated rings. The van der Waals surface area contributed by atoms with Gasteiger partial charge >= 0.3 is 0 Å². The first-order chi connectivity index (χ1) is 9.70. The molecular weight excluding hydrogens is 276 g/mol. The molecule has 0 atom stereocenters. The Bertz CT molecular complexity index is 766. The van der Waals surface area contributed by atoms with Gasteiger partial charge in [0.05, 0.1) is 5.69 Å². The third-order valence-electron chi connectivity index (χ3n) is 3.27. The van der Waals surface area contributed by atoms with Crippen LogP contribution in [0.25, 0.3) is 11.2 Å². The van der Waals surface area contributed by atoms with Crippen molar-refractivity contribution in [1.82, 2.24) is 29.5 Å². The van der Waals surface area contributed by atoms with E-state index in [4.69, 9.17) is 16.7 Å². The zero-order valence-electron chi connectivity index (χ0n) is 11.5. The summed E-state index contributed by atoms with van der Waals surface area (Å²) in [6.45, 7) is 2.84. The monoisotopic (exact) mass is 292 g/mol. The fraction of sp³-hybridized carbons (Fsp3) is 0.500. The highest BCUT2D eigenvalue weighted by Gasteiger charge is 2.15. The van der Waals surface area contributed by atoms with Gasteiger partial charge in [-0.3, -0.25) is 4.68 Å². The molecule has 0 aliphatic heterocycles. The molecule has 0 aliphatic carbocycles. The van der Waals surface area contributed by atoms with Crippen LogP contribution in [-0.2, 0) is 26.4 Å². The van der Waals surface area contributed by atoms with Gasteiger partial charge in [-0.1, -0.05) is 18.5 Å². The van der Waals surface area contributed by atoms with Gasteiger partial charge in [-0.2, -0.15) is 10.1 Å². The van der Waals surface area contributed by atoms with Crippen LogP contribution in [0.3, 0.4) is 0 Å². The zero-order valence-corrected chi connectivity index (χ0v) is 12.3. The minimum atomic E-state index is 0.673. The molecule has 3 aromatic rings. The van der Waals surface area contributed by atoms with Crippen molar-refractivity contribution in [2.75, 3.05) is 0 Å². The molecule has 8 heteroatoms. The lowest BCUT2D eigenvalue weighted by Crippen LogP contribution is -2.06. The van der Waals surface area contributed by atoms with E-state index in [0.29, 0.717) is 23.6 Å². The topological polar surface area (TPSA) is 77.5 Å². The molecule has 0 aliphatic rings. The van der Waals surface area contributed by atoms with Gasteiger partial charge in [-0.25, -0.2) is 0 Å². The van der Waals surface area contributed by atoms with Crippen LogP contribution in [0.1, 0.15) is 24.9 Å². The molecule has 1 N–H and O–H groups in total. The van der Waals surface area contributed by atoms with Gasteiger partial charge in [-0.15, -0.1) is 0 Å². The molecular formula is C12H16N6OS. The van der Waals surface area contributed by atoms with E-state index in [-0.39, 0.29) is 0 Å². The predicted octanol–water partition coefficient (Wildman–Crippen LogP) is 2.01. The maximum Gasteiger partial charge on any atom is 0.213 e. The summed E-state index contributed by atoms with van der Waals surface area (Å²) in [5.41, 5.74) is 3.11. The molecule has 0 unspecified atom stereocenters. The maximum absolute atomic E-state index is 5.41. The molecule has 0 radical (unpaired) electrons. The predicted molar refractivity (Wildman–Crippen MR) is 75.9 cm³/mol. The van der Waals surface area contributed by atoms with Gasteiger partial charge in [0.15, 0.2) is 16.2 Å². The molecule has 106 valence electrons. The van der Waals surface area contributed by atoms with E-state index in [9.17, 15) is 0 Å². The van der Waals surface area contributed by atoms with Crippen molar-refractivity contribution >= 4 is 23.4 Å². The minimum absolute atomic E-state index is 0.673. The summed E-state index contributed by atoms with van der Waals surface area (Å²) in [6, 6.07) is 0. The number of nitrogens with one attached hydrogen (secondary N) is 1. The minimum Gasteiger partial charge on any atom is -0.343 e. The smallest absolute Gasteiger partial charge is 0.213 e. The second-order valence-corrected chi connectivity index (χ2v) is 5.08. The number of fused-ring (bicyclic) bond motifs is 1. The average molecular weight is 292 g/mol. The summed E-state index contributed by atoms with van der Waals surface area (Å²) in [6.07, 6.45) is 4.01. The fourth-order valence-electron chi connectivity index (χ4n) is 2.41. The van der Waals surface area contributed by atoms with Crippen molar-refractivity contribution in [2.24, 2.45) is 7.05 Å². The number of imidazole rings is 1. The zero-order chi connectivity index (χ0) is 14.1. The molecule has 0 saturated carbocycles. The average Bonchev–Trinajstić information content (AvgIpc) is 3.08. The SMILES string of the molecule is CCCc1nn(C)c2c1[nH]c(=S)n2CCc1ncon1. The number of hydrogen-bond acceptors (Lipinski definition) is 5. The summed E-state index contributed by atoms with van der Waals surface area (Å²) in [7, 11) is 1.94. The van der Waals surface area contributed by atoms with Gasteiger partial charge in [0.1, 0.15) is 5.52 Å². The van der Waals surface area contributed by atoms with Crippen molar-refractivity contribution in [1.29, 1.82) is 0 Å². The molecule has 0 amide bonds. The van der Waals surface area contributed by atoms with Gasteiger partial charge in [-0.05, 0) is 18.6 Å². The van der Waals surface area contributed by atoms with E-state index < -0.39 is 0 Å². The van der Waals surface area contributed by atoms with Crippen LogP contribution < -0.4 is 0 Å². The number of aryl methyl sites for hydroxylation is 4. The van der Waals surface area contributed by atoms with Crippen LogP contribution in [0.15, 0.2) is 10.9 Å². The van der Waals surface area contributed by atoms with Crippen LogP contribution in [0.4, 0.5) is 0 Å². The Morgan fingerprint density at radius 3 is 2.95 bits per heavy atom. The first-order valence-corrected chi connectivity index (χ1v) is 7.01. The highest BCUT2D eigenvalue weighted by atomic mass is 32.1. The summed E-state index contributed by atoms with van der Waals surface area (Å²) in [4.78, 5) is 7.29. The Hall–Kier alpha value is -1.96. The van der Waals surface area contributed by atoms with Crippen molar-refractivity contribution in [3.8, 4) is 0 Å². The van der Waals surface area contributed by atoms with E-state index in [2.05, 4.69) is 27.1 Å². The number of nitrogens with zero attached hydrogens (tertiary/aromatic N) is 5. The van der Waals surface area contributed by atoms with Crippen molar-refractivity contribution < 1.29 is 4.52 Å². The number of hydrogen-bond donors (Lipinski definition) is 1. The first-order valence-electron chi connectivity index (χ1n) is 6.60. The Kier molecular flexibility index (Phi) is 3.39. The van der Waals surface area contributed by atoms with Gasteiger partial charge in [0, 0.05) is 20.0 Å². The first kappa shape index (κ1) is 13.0. The maximum atomic E-state index is 5.41. The third-order valence-corrected chi connectivity index (χ3v) is 3.60. The summed E-state index contributed by atoms with van der Waals surface area (Å²) in [5.74, 6) is 0.678. The molecule has 0 spiro atoms. The van der Waals surface area contributed by atoms with Crippen LogP contribution in [0, 0.1) is 4.77 Å². The van der Waals surface area contributed by atoms with E-state index in [0.717, 1.165) is 29.7 Å². The van der Waals surface area contributed by atoms with Crippen LogP contribution in [-0.4, -0.2) is 29.5 Å². The van der Waals surface area contributed by atoms with Gasteiger partial charge in [0.25, 0.3) is 0 Å². The largest absolute Gasteiger partial charge is 0.343 e. The molecule has 0 bridgehead atoms. The quantitative estimate of drug-likeness (QED) is 0.728. The normalized spacial score (nSPS) is 11.5. The Balaban J connectivity index is 1.98. The Labute approximate surface area is 120 Å². The second kappa shape index (κ2) is 5.20. The van der Waals surface area contributed by atoms with Gasteiger partial charge in [0.2, 0.25) is 6.39 Å². The van der Waals surface area contributed by atoms with E-state index >= 15 is 0 Å². The summed E-state index contributed by atoms with van der Waals surface area (Å²) < 4.78 is 9.36. The van der Waals surface area contributed by atoms with Crippen molar-refractivity contribution in [3.63, 3.8) is 0 Å². The lowest BCUT2D eigenvalue weighted by Gasteiger charge is -2.02. The highest BCUT2D eigenvalue weighted by Crippen LogP contribution is 2.19. The van der Waals surface area contributed by atoms with Crippen LogP contribution in [0.5, 0.6) is 0 Å². The number of aromatic nitrogens is 6. The second-order valence-electron chi connectivity index (χ2n) is 4.70. The molecule has 0 saturated heterocycles. The third kappa shape index (κ3) is 2.15. The standard InChI is InChI=1S/C12H16N6OS/c1-3-4-8-10-11(17(2)15-8)18(12(20)14-10)6-5-9-13-7-19-16-9/h7H,3-6H2,1-2H3,(H,14,20). The van der Waals surface area contributed by atoms with Crippen LogP contribution >= 0.6 is 12.2 Å². The van der Waals surface area contributed by atoms with Gasteiger partial charge < -0.3 is 14.1 Å². The lowest BCUT2D eigenvalue weighted by molar-refractivity contribution is 0.408.